The van der Waals surface area contributed by atoms with Gasteiger partial charge in [0.05, 0.1) is 13.2 Å². The summed E-state index contributed by atoms with van der Waals surface area (Å²) in [5.41, 5.74) is 2.81. The molecule has 4 aliphatic rings. The predicted molar refractivity (Wildman–Crippen MR) is 112 cm³/mol. The Hall–Kier alpha value is -1.77. The number of nitrogens with zero attached hydrogens (tertiary/aromatic N) is 1. The second-order valence-corrected chi connectivity index (χ2v) is 11.0. The van der Waals surface area contributed by atoms with Crippen molar-refractivity contribution in [3.05, 3.63) is 34.9 Å². The van der Waals surface area contributed by atoms with Gasteiger partial charge in [-0.2, -0.15) is 11.1 Å². The molecule has 1 aromatic rings. The SMILES string of the molecule is CC1(OC(=O)N2CC3C(CCNC(=O)c4ccc5c(c4)C[SH](N)C5)C3C2)COC1. The highest BCUT2D eigenvalue weighted by Crippen LogP contribution is 2.53. The fraction of sp³-hybridized carbons (Fsp3) is 0.619. The number of benzene rings is 1. The summed E-state index contributed by atoms with van der Waals surface area (Å²) in [7, 11) is 0. The van der Waals surface area contributed by atoms with E-state index in [4.69, 9.17) is 14.6 Å². The molecule has 0 radical (unpaired) electrons. The van der Waals surface area contributed by atoms with E-state index in [1.54, 1.807) is 0 Å². The highest BCUT2D eigenvalue weighted by molar-refractivity contribution is 8.13. The largest absolute Gasteiger partial charge is 0.438 e. The zero-order chi connectivity index (χ0) is 20.2. The van der Waals surface area contributed by atoms with Crippen molar-refractivity contribution in [2.24, 2.45) is 22.9 Å². The van der Waals surface area contributed by atoms with Crippen molar-refractivity contribution in [1.82, 2.24) is 10.2 Å². The first-order valence-electron chi connectivity index (χ1n) is 10.4. The number of hydrogen-bond donors (Lipinski definition) is 3. The molecule has 3 aliphatic heterocycles. The van der Waals surface area contributed by atoms with Crippen LogP contribution in [-0.2, 0) is 21.0 Å². The molecule has 3 unspecified atom stereocenters. The summed E-state index contributed by atoms with van der Waals surface area (Å²) in [5.74, 6) is 3.58. The number of nitrogens with two attached hydrogens (primary N) is 1. The van der Waals surface area contributed by atoms with Crippen molar-refractivity contribution >= 4 is 23.1 Å². The fourth-order valence-corrected chi connectivity index (χ4v) is 6.56. The third-order valence-electron chi connectivity index (χ3n) is 6.76. The molecule has 0 aromatic heterocycles. The van der Waals surface area contributed by atoms with E-state index in [-0.39, 0.29) is 12.0 Å². The Labute approximate surface area is 173 Å². The molecule has 1 aliphatic carbocycles. The number of ether oxygens (including phenoxy) is 2. The summed E-state index contributed by atoms with van der Waals surface area (Å²) in [6, 6.07) is 5.96. The van der Waals surface area contributed by atoms with E-state index in [1.165, 1.54) is 11.1 Å². The van der Waals surface area contributed by atoms with E-state index in [2.05, 4.69) is 11.4 Å². The summed E-state index contributed by atoms with van der Waals surface area (Å²) >= 11 is -0.430. The van der Waals surface area contributed by atoms with Crippen molar-refractivity contribution in [2.75, 3.05) is 32.8 Å². The molecule has 3 heterocycles. The quantitative estimate of drug-likeness (QED) is 0.633. The van der Waals surface area contributed by atoms with Crippen LogP contribution in [0.3, 0.4) is 0 Å². The van der Waals surface area contributed by atoms with E-state index in [9.17, 15) is 9.59 Å². The number of piperidine rings is 1. The van der Waals surface area contributed by atoms with E-state index in [0.29, 0.717) is 37.5 Å². The van der Waals surface area contributed by atoms with E-state index < -0.39 is 16.7 Å². The van der Waals surface area contributed by atoms with Crippen LogP contribution in [0, 0.1) is 17.8 Å². The summed E-state index contributed by atoms with van der Waals surface area (Å²) in [5, 5.41) is 9.13. The van der Waals surface area contributed by atoms with Gasteiger partial charge in [-0.1, -0.05) is 6.07 Å². The number of thiol groups is 1. The Kier molecular flexibility index (Phi) is 4.75. The number of hydrogen-bond acceptors (Lipinski definition) is 5. The third kappa shape index (κ3) is 3.73. The zero-order valence-corrected chi connectivity index (χ0v) is 17.6. The topological polar surface area (TPSA) is 93.9 Å². The van der Waals surface area contributed by atoms with E-state index in [1.807, 2.05) is 24.0 Å². The van der Waals surface area contributed by atoms with Crippen LogP contribution in [0.15, 0.2) is 18.2 Å². The van der Waals surface area contributed by atoms with Gasteiger partial charge in [0.25, 0.3) is 5.91 Å². The lowest BCUT2D eigenvalue weighted by atomic mass is 10.1. The van der Waals surface area contributed by atoms with Crippen LogP contribution in [0.2, 0.25) is 0 Å². The van der Waals surface area contributed by atoms with Gasteiger partial charge in [0.2, 0.25) is 0 Å². The first-order valence-corrected chi connectivity index (χ1v) is 12.2. The molecule has 29 heavy (non-hydrogen) atoms. The first-order chi connectivity index (χ1) is 13.9. The molecule has 8 heteroatoms. The molecule has 0 spiro atoms. The minimum atomic E-state index is -0.447. The van der Waals surface area contributed by atoms with Crippen molar-refractivity contribution in [3.63, 3.8) is 0 Å². The Balaban J connectivity index is 1.04. The summed E-state index contributed by atoms with van der Waals surface area (Å²) in [6.45, 7) is 5.10. The first kappa shape index (κ1) is 19.2. The fourth-order valence-electron chi connectivity index (χ4n) is 4.97. The highest BCUT2D eigenvalue weighted by atomic mass is 32.2. The van der Waals surface area contributed by atoms with Gasteiger partial charge in [0.1, 0.15) is 0 Å². The molecule has 1 aromatic carbocycles. The molecule has 2 saturated heterocycles. The van der Waals surface area contributed by atoms with Crippen molar-refractivity contribution in [1.29, 1.82) is 0 Å². The Bertz CT molecular complexity index is 831. The Morgan fingerprint density at radius 1 is 1.28 bits per heavy atom. The minimum absolute atomic E-state index is 0.00646. The number of rotatable bonds is 5. The summed E-state index contributed by atoms with van der Waals surface area (Å²) in [4.78, 5) is 26.6. The maximum Gasteiger partial charge on any atom is 0.410 e. The van der Waals surface area contributed by atoms with Gasteiger partial charge >= 0.3 is 6.09 Å². The number of carbonyl (C=O) groups excluding carboxylic acids is 2. The monoisotopic (exact) mass is 419 g/mol. The highest BCUT2D eigenvalue weighted by Gasteiger charge is 2.56. The lowest BCUT2D eigenvalue weighted by molar-refractivity contribution is -0.171. The summed E-state index contributed by atoms with van der Waals surface area (Å²) in [6.07, 6.45) is 0.752. The Morgan fingerprint density at radius 2 is 2.00 bits per heavy atom. The van der Waals surface area contributed by atoms with Gasteiger partial charge in [-0.3, -0.25) is 9.93 Å². The second kappa shape index (κ2) is 7.18. The average Bonchev–Trinajstić information content (AvgIpc) is 3.00. The Morgan fingerprint density at radius 3 is 2.69 bits per heavy atom. The lowest BCUT2D eigenvalue weighted by Gasteiger charge is -2.38. The predicted octanol–water partition coefficient (Wildman–Crippen LogP) is 1.80. The second-order valence-electron chi connectivity index (χ2n) is 9.14. The van der Waals surface area contributed by atoms with Gasteiger partial charge in [-0.05, 0) is 54.4 Å². The van der Waals surface area contributed by atoms with Crippen LogP contribution < -0.4 is 10.5 Å². The van der Waals surface area contributed by atoms with Crippen molar-refractivity contribution < 1.29 is 19.1 Å². The molecule has 158 valence electrons. The van der Waals surface area contributed by atoms with Crippen LogP contribution in [0.5, 0.6) is 0 Å². The molecule has 5 rings (SSSR count). The summed E-state index contributed by atoms with van der Waals surface area (Å²) < 4.78 is 10.7. The van der Waals surface area contributed by atoms with Crippen LogP contribution in [0.25, 0.3) is 0 Å². The lowest BCUT2D eigenvalue weighted by Crippen LogP contribution is -2.52. The number of amides is 2. The van der Waals surface area contributed by atoms with Gasteiger partial charge < -0.3 is 19.7 Å². The molecule has 3 fully saturated rings. The van der Waals surface area contributed by atoms with Crippen LogP contribution in [-0.4, -0.2) is 55.3 Å². The number of likely N-dealkylation sites (tertiary alicyclic amines) is 1. The molecule has 0 bridgehead atoms. The van der Waals surface area contributed by atoms with Crippen LogP contribution in [0.1, 0.15) is 34.8 Å². The van der Waals surface area contributed by atoms with Crippen molar-refractivity contribution in [3.8, 4) is 0 Å². The van der Waals surface area contributed by atoms with Crippen LogP contribution >= 0.6 is 11.1 Å². The minimum Gasteiger partial charge on any atom is -0.438 e. The van der Waals surface area contributed by atoms with Gasteiger partial charge in [0, 0.05) is 36.7 Å². The smallest absolute Gasteiger partial charge is 0.410 e. The third-order valence-corrected chi connectivity index (χ3v) is 8.25. The number of carbonyl (C=O) groups is 2. The molecule has 3 N–H and O–H groups in total. The maximum absolute atomic E-state index is 12.5. The number of fused-ring (bicyclic) bond motifs is 2. The average molecular weight is 420 g/mol. The van der Waals surface area contributed by atoms with Gasteiger partial charge in [0.15, 0.2) is 5.60 Å². The molecule has 7 nitrogen and oxygen atoms in total. The molecule has 3 atom stereocenters. The van der Waals surface area contributed by atoms with E-state index >= 15 is 0 Å². The van der Waals surface area contributed by atoms with E-state index in [0.717, 1.165) is 36.6 Å². The number of nitrogens with one attached hydrogen (secondary N) is 1. The standard InChI is InChI=1S/C21H29N3O4S/c1-21(11-27-12-21)28-20(26)24-7-17-16(18(17)8-24)4-5-23-19(25)13-2-3-14-9-29(22)10-15(14)6-13/h2-3,6,16-18,29H,4-5,7-12,22H2,1H3,(H,23,25). The zero-order valence-electron chi connectivity index (χ0n) is 16.7. The van der Waals surface area contributed by atoms with Crippen molar-refractivity contribution in [2.45, 2.75) is 30.5 Å². The van der Waals surface area contributed by atoms with Gasteiger partial charge in [-0.15, -0.1) is 0 Å². The normalized spacial score (nSPS) is 32.1. The van der Waals surface area contributed by atoms with Gasteiger partial charge in [-0.25, -0.2) is 4.79 Å². The molecular formula is C21H29N3O4S. The molecular weight excluding hydrogens is 390 g/mol. The molecule has 1 saturated carbocycles. The molecule has 2 amide bonds. The van der Waals surface area contributed by atoms with Crippen LogP contribution in [0.4, 0.5) is 4.79 Å². The maximum atomic E-state index is 12.5.